The molecule has 2 aliphatic heterocycles. The highest BCUT2D eigenvalue weighted by Gasteiger charge is 2.43. The molecule has 0 bridgehead atoms. The first kappa shape index (κ1) is 14.8. The Labute approximate surface area is 117 Å². The van der Waals surface area contributed by atoms with Crippen molar-refractivity contribution in [2.75, 3.05) is 39.8 Å². The van der Waals surface area contributed by atoms with Gasteiger partial charge in [-0.25, -0.2) is 0 Å². The molecule has 0 saturated carbocycles. The van der Waals surface area contributed by atoms with E-state index < -0.39 is 0 Å². The summed E-state index contributed by atoms with van der Waals surface area (Å²) in [5, 5.41) is 3.40. The lowest BCUT2D eigenvalue weighted by molar-refractivity contribution is -0.143. The lowest BCUT2D eigenvalue weighted by Gasteiger charge is -2.36. The van der Waals surface area contributed by atoms with Crippen LogP contribution in [0.25, 0.3) is 0 Å². The van der Waals surface area contributed by atoms with Crippen molar-refractivity contribution in [3.05, 3.63) is 0 Å². The van der Waals surface area contributed by atoms with E-state index in [0.717, 1.165) is 58.4 Å². The molecule has 1 N–H and O–H groups in total. The van der Waals surface area contributed by atoms with E-state index in [1.165, 1.54) is 0 Å². The van der Waals surface area contributed by atoms with Crippen LogP contribution in [0.3, 0.4) is 0 Å². The molecule has 1 amide bonds. The monoisotopic (exact) mass is 267 g/mol. The van der Waals surface area contributed by atoms with Crippen LogP contribution in [-0.4, -0.2) is 61.5 Å². The minimum absolute atomic E-state index is 0.119. The molecule has 2 fully saturated rings. The van der Waals surface area contributed by atoms with E-state index in [0.29, 0.717) is 11.9 Å². The Morgan fingerprint density at radius 2 is 2.21 bits per heavy atom. The molecule has 4 heteroatoms. The van der Waals surface area contributed by atoms with Gasteiger partial charge in [0.25, 0.3) is 0 Å². The SMILES string of the molecule is CCCC1(C(=O)N2CCCN(C)CC2C)CCNC1. The molecule has 0 aliphatic carbocycles. The van der Waals surface area contributed by atoms with Gasteiger partial charge in [-0.05, 0) is 46.3 Å². The largest absolute Gasteiger partial charge is 0.338 e. The predicted octanol–water partition coefficient (Wildman–Crippen LogP) is 1.32. The van der Waals surface area contributed by atoms with E-state index in [1.807, 2.05) is 0 Å². The van der Waals surface area contributed by atoms with Gasteiger partial charge in [0.05, 0.1) is 5.41 Å². The molecule has 110 valence electrons. The molecule has 0 aromatic rings. The summed E-state index contributed by atoms with van der Waals surface area (Å²) >= 11 is 0. The highest BCUT2D eigenvalue weighted by Crippen LogP contribution is 2.34. The Balaban J connectivity index is 2.12. The van der Waals surface area contributed by atoms with Crippen molar-refractivity contribution in [1.29, 1.82) is 0 Å². The van der Waals surface area contributed by atoms with Gasteiger partial charge in [-0.3, -0.25) is 4.79 Å². The average molecular weight is 267 g/mol. The summed E-state index contributed by atoms with van der Waals surface area (Å²) in [5.41, 5.74) is -0.119. The molecular weight excluding hydrogens is 238 g/mol. The molecule has 2 unspecified atom stereocenters. The summed E-state index contributed by atoms with van der Waals surface area (Å²) in [7, 11) is 2.16. The van der Waals surface area contributed by atoms with E-state index in [2.05, 4.69) is 36.0 Å². The number of carbonyl (C=O) groups excluding carboxylic acids is 1. The van der Waals surface area contributed by atoms with Gasteiger partial charge in [-0.1, -0.05) is 13.3 Å². The zero-order valence-corrected chi connectivity index (χ0v) is 12.7. The molecule has 19 heavy (non-hydrogen) atoms. The van der Waals surface area contributed by atoms with Crippen LogP contribution in [0, 0.1) is 5.41 Å². The Hall–Kier alpha value is -0.610. The highest BCUT2D eigenvalue weighted by molar-refractivity contribution is 5.83. The van der Waals surface area contributed by atoms with Crippen LogP contribution < -0.4 is 5.32 Å². The fraction of sp³-hybridized carbons (Fsp3) is 0.933. The first-order chi connectivity index (χ1) is 9.09. The van der Waals surface area contributed by atoms with Crippen LogP contribution >= 0.6 is 0 Å². The maximum Gasteiger partial charge on any atom is 0.230 e. The van der Waals surface area contributed by atoms with Gasteiger partial charge in [-0.15, -0.1) is 0 Å². The second-order valence-electron chi connectivity index (χ2n) is 6.42. The predicted molar refractivity (Wildman–Crippen MR) is 78.1 cm³/mol. The number of nitrogens with zero attached hydrogens (tertiary/aromatic N) is 2. The zero-order chi connectivity index (χ0) is 13.9. The second-order valence-corrected chi connectivity index (χ2v) is 6.42. The normalized spacial score (nSPS) is 33.4. The minimum atomic E-state index is -0.119. The highest BCUT2D eigenvalue weighted by atomic mass is 16.2. The summed E-state index contributed by atoms with van der Waals surface area (Å²) in [6.07, 6.45) is 4.23. The first-order valence-corrected chi connectivity index (χ1v) is 7.79. The molecule has 0 aromatic carbocycles. The van der Waals surface area contributed by atoms with Gasteiger partial charge in [0.1, 0.15) is 0 Å². The Morgan fingerprint density at radius 3 is 2.84 bits per heavy atom. The van der Waals surface area contributed by atoms with E-state index in [9.17, 15) is 4.79 Å². The topological polar surface area (TPSA) is 35.6 Å². The number of carbonyl (C=O) groups is 1. The molecule has 0 radical (unpaired) electrons. The third-order valence-corrected chi connectivity index (χ3v) is 4.73. The van der Waals surface area contributed by atoms with Crippen LogP contribution in [0.1, 0.15) is 39.5 Å². The lowest BCUT2D eigenvalue weighted by atomic mass is 9.80. The average Bonchev–Trinajstić information content (AvgIpc) is 2.77. The number of likely N-dealkylation sites (N-methyl/N-ethyl adjacent to an activating group) is 1. The molecular formula is C15H29N3O. The second kappa shape index (κ2) is 6.23. The van der Waals surface area contributed by atoms with Gasteiger partial charge in [0.15, 0.2) is 0 Å². The number of hydrogen-bond acceptors (Lipinski definition) is 3. The smallest absolute Gasteiger partial charge is 0.230 e. The number of hydrogen-bond donors (Lipinski definition) is 1. The van der Waals surface area contributed by atoms with Gasteiger partial charge in [0, 0.05) is 25.7 Å². The van der Waals surface area contributed by atoms with Gasteiger partial charge in [-0.2, -0.15) is 0 Å². The molecule has 2 heterocycles. The minimum Gasteiger partial charge on any atom is -0.338 e. The van der Waals surface area contributed by atoms with Crippen LogP contribution in [0.4, 0.5) is 0 Å². The maximum absolute atomic E-state index is 13.0. The summed E-state index contributed by atoms with van der Waals surface area (Å²) in [6, 6.07) is 0.342. The zero-order valence-electron chi connectivity index (χ0n) is 12.7. The van der Waals surface area contributed by atoms with Gasteiger partial charge < -0.3 is 15.1 Å². The Kier molecular flexibility index (Phi) is 4.85. The number of nitrogens with one attached hydrogen (secondary N) is 1. The van der Waals surface area contributed by atoms with Crippen LogP contribution in [0.5, 0.6) is 0 Å². The van der Waals surface area contributed by atoms with Gasteiger partial charge >= 0.3 is 0 Å². The standard InChI is InChI=1S/C15H29N3O/c1-4-6-15(7-8-16-12-15)14(19)18-10-5-9-17(3)11-13(18)2/h13,16H,4-12H2,1-3H3. The number of amides is 1. The molecule has 0 aromatic heterocycles. The van der Waals surface area contributed by atoms with Crippen molar-refractivity contribution in [1.82, 2.24) is 15.1 Å². The van der Waals surface area contributed by atoms with Crippen molar-refractivity contribution in [2.24, 2.45) is 5.41 Å². The quantitative estimate of drug-likeness (QED) is 0.838. The third kappa shape index (κ3) is 3.11. The Bertz CT molecular complexity index is 313. The molecule has 2 atom stereocenters. The maximum atomic E-state index is 13.0. The van der Waals surface area contributed by atoms with E-state index in [-0.39, 0.29) is 5.41 Å². The fourth-order valence-corrected chi connectivity index (χ4v) is 3.70. The molecule has 2 rings (SSSR count). The van der Waals surface area contributed by atoms with Crippen molar-refractivity contribution in [2.45, 2.75) is 45.6 Å². The van der Waals surface area contributed by atoms with Crippen molar-refractivity contribution in [3.8, 4) is 0 Å². The number of rotatable bonds is 3. The first-order valence-electron chi connectivity index (χ1n) is 7.79. The molecule has 0 spiro atoms. The van der Waals surface area contributed by atoms with Crippen molar-refractivity contribution >= 4 is 5.91 Å². The van der Waals surface area contributed by atoms with Crippen molar-refractivity contribution < 1.29 is 4.79 Å². The van der Waals surface area contributed by atoms with E-state index in [4.69, 9.17) is 0 Å². The fourth-order valence-electron chi connectivity index (χ4n) is 3.70. The summed E-state index contributed by atoms with van der Waals surface area (Å²) in [4.78, 5) is 17.6. The molecule has 4 nitrogen and oxygen atoms in total. The van der Waals surface area contributed by atoms with E-state index in [1.54, 1.807) is 0 Å². The summed E-state index contributed by atoms with van der Waals surface area (Å²) in [6.45, 7) is 9.28. The summed E-state index contributed by atoms with van der Waals surface area (Å²) in [5.74, 6) is 0.405. The lowest BCUT2D eigenvalue weighted by Crippen LogP contribution is -2.50. The Morgan fingerprint density at radius 1 is 1.42 bits per heavy atom. The molecule has 2 aliphatic rings. The van der Waals surface area contributed by atoms with Crippen LogP contribution in [0.15, 0.2) is 0 Å². The van der Waals surface area contributed by atoms with Crippen LogP contribution in [0.2, 0.25) is 0 Å². The van der Waals surface area contributed by atoms with Gasteiger partial charge in [0.2, 0.25) is 5.91 Å². The third-order valence-electron chi connectivity index (χ3n) is 4.73. The van der Waals surface area contributed by atoms with Crippen molar-refractivity contribution in [3.63, 3.8) is 0 Å². The van der Waals surface area contributed by atoms with Crippen LogP contribution in [-0.2, 0) is 4.79 Å². The molecule has 2 saturated heterocycles. The van der Waals surface area contributed by atoms with E-state index >= 15 is 0 Å². The summed E-state index contributed by atoms with van der Waals surface area (Å²) < 4.78 is 0.